The van der Waals surface area contributed by atoms with Crippen molar-refractivity contribution in [2.75, 3.05) is 13.7 Å². The maximum absolute atomic E-state index is 10.4. The van der Waals surface area contributed by atoms with Crippen molar-refractivity contribution in [3.63, 3.8) is 0 Å². The van der Waals surface area contributed by atoms with Gasteiger partial charge in [-0.05, 0) is 36.6 Å². The Balaban J connectivity index is 2.03. The smallest absolute Gasteiger partial charge is 0.199 e. The van der Waals surface area contributed by atoms with Crippen molar-refractivity contribution in [2.24, 2.45) is 0 Å². The Kier molecular flexibility index (Phi) is 4.11. The molecule has 0 aliphatic heterocycles. The first-order chi connectivity index (χ1) is 10.7. The van der Waals surface area contributed by atoms with Crippen LogP contribution < -0.4 is 0 Å². The lowest BCUT2D eigenvalue weighted by molar-refractivity contribution is 0.189. The minimum atomic E-state index is 0.335. The molecule has 2 aromatic heterocycles. The molecule has 0 aliphatic rings. The lowest BCUT2D eigenvalue weighted by atomic mass is 10.0. The van der Waals surface area contributed by atoms with Crippen LogP contribution in [0.15, 0.2) is 42.9 Å². The van der Waals surface area contributed by atoms with E-state index in [4.69, 9.17) is 4.74 Å². The number of pyridine rings is 1. The molecule has 4 nitrogen and oxygen atoms in total. The van der Waals surface area contributed by atoms with Crippen LogP contribution in [0, 0.1) is 6.92 Å². The first-order valence-electron chi connectivity index (χ1n) is 7.42. The van der Waals surface area contributed by atoms with E-state index in [2.05, 4.69) is 17.1 Å². The summed E-state index contributed by atoms with van der Waals surface area (Å²) >= 11 is 0. The molecule has 0 atom stereocenters. The third-order valence-electron chi connectivity index (χ3n) is 3.90. The highest BCUT2D eigenvalue weighted by Crippen LogP contribution is 2.34. The molecule has 0 radical (unpaired) electrons. The number of ether oxygens (including phenoxy) is 1. The van der Waals surface area contributed by atoms with Gasteiger partial charge in [0.15, 0.2) is 5.88 Å². The van der Waals surface area contributed by atoms with Crippen molar-refractivity contribution >= 4 is 10.8 Å². The fraction of sp³-hybridized carbons (Fsp3) is 0.278. The number of benzene rings is 1. The number of aromatic hydroxyl groups is 1. The third-order valence-corrected chi connectivity index (χ3v) is 3.90. The average molecular weight is 296 g/mol. The first-order valence-corrected chi connectivity index (χ1v) is 7.42. The van der Waals surface area contributed by atoms with Gasteiger partial charge in [0.2, 0.25) is 0 Å². The molecule has 4 heteroatoms. The largest absolute Gasteiger partial charge is 0.494 e. The van der Waals surface area contributed by atoms with Gasteiger partial charge < -0.3 is 14.4 Å². The van der Waals surface area contributed by atoms with E-state index >= 15 is 0 Å². The molecule has 3 rings (SSSR count). The van der Waals surface area contributed by atoms with Gasteiger partial charge in [0, 0.05) is 55.2 Å². The Morgan fingerprint density at radius 1 is 1.27 bits per heavy atom. The van der Waals surface area contributed by atoms with E-state index in [1.54, 1.807) is 13.3 Å². The molecule has 1 aromatic carbocycles. The maximum Gasteiger partial charge on any atom is 0.199 e. The summed E-state index contributed by atoms with van der Waals surface area (Å²) in [4.78, 5) is 4.17. The van der Waals surface area contributed by atoms with Crippen molar-refractivity contribution in [3.05, 3.63) is 48.4 Å². The number of aryl methyl sites for hydroxylation is 2. The zero-order valence-corrected chi connectivity index (χ0v) is 12.9. The molecule has 0 saturated carbocycles. The third kappa shape index (κ3) is 2.70. The van der Waals surface area contributed by atoms with E-state index in [0.717, 1.165) is 40.4 Å². The van der Waals surface area contributed by atoms with Crippen LogP contribution in [-0.2, 0) is 11.3 Å². The Labute approximate surface area is 130 Å². The van der Waals surface area contributed by atoms with Crippen molar-refractivity contribution in [2.45, 2.75) is 19.9 Å². The van der Waals surface area contributed by atoms with Crippen LogP contribution in [0.4, 0.5) is 0 Å². The van der Waals surface area contributed by atoms with E-state index in [9.17, 15) is 5.11 Å². The number of nitrogens with zero attached hydrogens (tertiary/aromatic N) is 2. The van der Waals surface area contributed by atoms with Gasteiger partial charge in [-0.1, -0.05) is 12.1 Å². The SMILES string of the molecule is COCCCn1cc2cc(-c3cccnc3)cc(C)c2c1O. The Morgan fingerprint density at radius 3 is 2.86 bits per heavy atom. The number of hydrogen-bond donors (Lipinski definition) is 1. The second-order valence-corrected chi connectivity index (χ2v) is 5.49. The number of aromatic nitrogens is 2. The summed E-state index contributed by atoms with van der Waals surface area (Å²) in [5.74, 6) is 0.335. The van der Waals surface area contributed by atoms with E-state index in [0.29, 0.717) is 12.5 Å². The summed E-state index contributed by atoms with van der Waals surface area (Å²) in [6, 6.07) is 8.18. The summed E-state index contributed by atoms with van der Waals surface area (Å²) in [6.45, 7) is 3.46. The number of fused-ring (bicyclic) bond motifs is 1. The minimum Gasteiger partial charge on any atom is -0.494 e. The highest BCUT2D eigenvalue weighted by Gasteiger charge is 2.12. The predicted molar refractivity (Wildman–Crippen MR) is 88.1 cm³/mol. The Hall–Kier alpha value is -2.33. The zero-order valence-electron chi connectivity index (χ0n) is 12.9. The van der Waals surface area contributed by atoms with Crippen LogP contribution >= 0.6 is 0 Å². The van der Waals surface area contributed by atoms with Crippen LogP contribution in [0.25, 0.3) is 21.9 Å². The van der Waals surface area contributed by atoms with Gasteiger partial charge in [0.25, 0.3) is 0 Å². The Bertz CT molecular complexity index is 779. The fourth-order valence-electron chi connectivity index (χ4n) is 2.84. The molecule has 3 aromatic rings. The standard InChI is InChI=1S/C18H20N2O2/c1-13-9-15(14-5-3-6-19-11-14)10-16-12-20(7-4-8-22-2)18(21)17(13)16/h3,5-6,9-12,21H,4,7-8H2,1-2H3. The second-order valence-electron chi connectivity index (χ2n) is 5.49. The van der Waals surface area contributed by atoms with E-state index in [1.165, 1.54) is 0 Å². The molecule has 0 amide bonds. The highest BCUT2D eigenvalue weighted by atomic mass is 16.5. The lowest BCUT2D eigenvalue weighted by Crippen LogP contribution is -1.99. The molecule has 1 N–H and O–H groups in total. The van der Waals surface area contributed by atoms with E-state index in [1.807, 2.05) is 36.0 Å². The fourth-order valence-corrected chi connectivity index (χ4v) is 2.84. The summed E-state index contributed by atoms with van der Waals surface area (Å²) in [7, 11) is 1.69. The van der Waals surface area contributed by atoms with Crippen LogP contribution in [-0.4, -0.2) is 28.4 Å². The molecule has 0 spiro atoms. The summed E-state index contributed by atoms with van der Waals surface area (Å²) < 4.78 is 6.97. The molecular weight excluding hydrogens is 276 g/mol. The van der Waals surface area contributed by atoms with Crippen LogP contribution in [0.2, 0.25) is 0 Å². The monoisotopic (exact) mass is 296 g/mol. The number of hydrogen-bond acceptors (Lipinski definition) is 3. The quantitative estimate of drug-likeness (QED) is 0.729. The topological polar surface area (TPSA) is 47.3 Å². The molecule has 0 bridgehead atoms. The lowest BCUT2D eigenvalue weighted by Gasteiger charge is -2.05. The van der Waals surface area contributed by atoms with Gasteiger partial charge in [-0.25, -0.2) is 0 Å². The molecule has 0 aliphatic carbocycles. The van der Waals surface area contributed by atoms with Gasteiger partial charge in [-0.3, -0.25) is 4.98 Å². The van der Waals surface area contributed by atoms with Crippen LogP contribution in [0.1, 0.15) is 12.0 Å². The van der Waals surface area contributed by atoms with Gasteiger partial charge in [-0.2, -0.15) is 0 Å². The van der Waals surface area contributed by atoms with Crippen molar-refractivity contribution in [1.82, 2.24) is 9.55 Å². The first kappa shape index (κ1) is 14.6. The zero-order chi connectivity index (χ0) is 15.5. The number of rotatable bonds is 5. The Morgan fingerprint density at radius 2 is 2.14 bits per heavy atom. The molecule has 0 unspecified atom stereocenters. The molecule has 0 fully saturated rings. The van der Waals surface area contributed by atoms with Crippen molar-refractivity contribution in [1.29, 1.82) is 0 Å². The van der Waals surface area contributed by atoms with Gasteiger partial charge in [-0.15, -0.1) is 0 Å². The van der Waals surface area contributed by atoms with Crippen molar-refractivity contribution < 1.29 is 9.84 Å². The summed E-state index contributed by atoms with van der Waals surface area (Å²) in [6.07, 6.45) is 6.51. The summed E-state index contributed by atoms with van der Waals surface area (Å²) in [5, 5.41) is 12.4. The molecule has 2 heterocycles. The molecule has 22 heavy (non-hydrogen) atoms. The normalized spacial score (nSPS) is 11.2. The average Bonchev–Trinajstić information content (AvgIpc) is 2.85. The molecular formula is C18H20N2O2. The second kappa shape index (κ2) is 6.20. The van der Waals surface area contributed by atoms with Crippen LogP contribution in [0.3, 0.4) is 0 Å². The molecule has 114 valence electrons. The predicted octanol–water partition coefficient (Wildman–Crippen LogP) is 3.75. The van der Waals surface area contributed by atoms with Gasteiger partial charge in [0.05, 0.1) is 0 Å². The maximum atomic E-state index is 10.4. The molecule has 0 saturated heterocycles. The highest BCUT2D eigenvalue weighted by molar-refractivity contribution is 5.94. The van der Waals surface area contributed by atoms with E-state index in [-0.39, 0.29) is 0 Å². The van der Waals surface area contributed by atoms with Gasteiger partial charge in [0.1, 0.15) is 0 Å². The number of methoxy groups -OCH3 is 1. The minimum absolute atomic E-state index is 0.335. The van der Waals surface area contributed by atoms with Crippen molar-refractivity contribution in [3.8, 4) is 17.0 Å². The van der Waals surface area contributed by atoms with Crippen LogP contribution in [0.5, 0.6) is 5.88 Å². The van der Waals surface area contributed by atoms with Gasteiger partial charge >= 0.3 is 0 Å². The van der Waals surface area contributed by atoms with E-state index < -0.39 is 0 Å². The summed E-state index contributed by atoms with van der Waals surface area (Å²) in [5.41, 5.74) is 3.27.